The van der Waals surface area contributed by atoms with Crippen LogP contribution < -0.4 is 15.4 Å². The molecule has 0 unspecified atom stereocenters. The zero-order valence-electron chi connectivity index (χ0n) is 24.8. The highest BCUT2D eigenvalue weighted by Crippen LogP contribution is 2.25. The standard InChI is InChI=1S/C32H44N4O5/c1-23(2)35-21-29(37)33-19-18-25-14-16-27(17-15-25)41-28-11-9-10-26(20-28)34-30(38)22-36(24(3)4)32(40)13-8-6-5-7-12-31(35)39/h9-11,14-17,20,23-24H,5-8,12-13,18-19,21-22H2,1-4H3,(H,33,37)(H,34,38). The van der Waals surface area contributed by atoms with Gasteiger partial charge in [0.25, 0.3) is 0 Å². The summed E-state index contributed by atoms with van der Waals surface area (Å²) in [7, 11) is 0. The van der Waals surface area contributed by atoms with Crippen molar-refractivity contribution in [2.24, 2.45) is 0 Å². The summed E-state index contributed by atoms with van der Waals surface area (Å²) in [6.45, 7) is 8.10. The molecule has 2 aromatic rings. The van der Waals surface area contributed by atoms with Crippen LogP contribution in [0.1, 0.15) is 71.8 Å². The Balaban J connectivity index is 1.72. The first kappa shape index (κ1) is 31.6. The number of rotatable bonds is 2. The summed E-state index contributed by atoms with van der Waals surface area (Å²) in [5, 5.41) is 5.80. The lowest BCUT2D eigenvalue weighted by atomic mass is 10.1. The van der Waals surface area contributed by atoms with Gasteiger partial charge >= 0.3 is 0 Å². The zero-order chi connectivity index (χ0) is 29.8. The third kappa shape index (κ3) is 10.6. The fourth-order valence-corrected chi connectivity index (χ4v) is 4.72. The van der Waals surface area contributed by atoms with E-state index in [4.69, 9.17) is 4.74 Å². The third-order valence-corrected chi connectivity index (χ3v) is 7.06. The van der Waals surface area contributed by atoms with E-state index in [1.54, 1.807) is 28.0 Å². The third-order valence-electron chi connectivity index (χ3n) is 7.06. The van der Waals surface area contributed by atoms with Crippen LogP contribution in [0.4, 0.5) is 5.69 Å². The maximum atomic E-state index is 12.9. The number of benzene rings is 2. The van der Waals surface area contributed by atoms with Crippen LogP contribution in [0.25, 0.3) is 0 Å². The van der Waals surface area contributed by atoms with Crippen molar-refractivity contribution in [1.29, 1.82) is 0 Å². The van der Waals surface area contributed by atoms with E-state index in [1.807, 2.05) is 58.0 Å². The van der Waals surface area contributed by atoms with Gasteiger partial charge in [-0.2, -0.15) is 0 Å². The Bertz CT molecular complexity index is 1180. The van der Waals surface area contributed by atoms with Crippen molar-refractivity contribution in [2.75, 3.05) is 25.0 Å². The average molecular weight is 565 g/mol. The number of anilines is 1. The molecule has 4 amide bonds. The van der Waals surface area contributed by atoms with Crippen molar-refractivity contribution in [3.8, 4) is 11.5 Å². The van der Waals surface area contributed by atoms with Crippen molar-refractivity contribution in [3.05, 3.63) is 54.1 Å². The Morgan fingerprint density at radius 2 is 1.27 bits per heavy atom. The SMILES string of the molecule is CC(C)N1CC(=O)NCCc2ccc(cc2)Oc2cccc(c2)NC(=O)CN(C(C)C)C(=O)CCCCCCC1=O. The molecule has 4 rings (SSSR count). The minimum atomic E-state index is -0.268. The van der Waals surface area contributed by atoms with Crippen LogP contribution in [0, 0.1) is 0 Å². The number of amides is 4. The molecule has 2 aliphatic heterocycles. The molecule has 0 atom stereocenters. The molecule has 222 valence electrons. The summed E-state index contributed by atoms with van der Waals surface area (Å²) in [6.07, 6.45) is 4.39. The van der Waals surface area contributed by atoms with Gasteiger partial charge in [0.15, 0.2) is 0 Å². The minimum Gasteiger partial charge on any atom is -0.457 e. The highest BCUT2D eigenvalue weighted by molar-refractivity contribution is 5.94. The molecule has 0 aliphatic carbocycles. The Labute approximate surface area is 243 Å². The molecule has 0 saturated heterocycles. The van der Waals surface area contributed by atoms with Crippen LogP contribution in [0.15, 0.2) is 48.5 Å². The lowest BCUT2D eigenvalue weighted by molar-refractivity contribution is -0.137. The van der Waals surface area contributed by atoms with Gasteiger partial charge in [0.05, 0.1) is 6.54 Å². The van der Waals surface area contributed by atoms with Crippen molar-refractivity contribution >= 4 is 29.3 Å². The summed E-state index contributed by atoms with van der Waals surface area (Å²) in [5.41, 5.74) is 1.63. The molecule has 0 spiro atoms. The van der Waals surface area contributed by atoms with Crippen LogP contribution in [0.2, 0.25) is 0 Å². The lowest BCUT2D eigenvalue weighted by Gasteiger charge is -2.26. The zero-order valence-corrected chi connectivity index (χ0v) is 24.8. The van der Waals surface area contributed by atoms with Crippen LogP contribution in [0.3, 0.4) is 0 Å². The molecule has 0 saturated carbocycles. The number of ether oxygens (including phenoxy) is 1. The summed E-state index contributed by atoms with van der Waals surface area (Å²) >= 11 is 0. The van der Waals surface area contributed by atoms with E-state index in [1.165, 1.54) is 0 Å². The Morgan fingerprint density at radius 3 is 1.85 bits per heavy atom. The second kappa shape index (κ2) is 15.8. The second-order valence-electron chi connectivity index (χ2n) is 11.1. The molecule has 4 bridgehead atoms. The molecule has 41 heavy (non-hydrogen) atoms. The monoisotopic (exact) mass is 564 g/mol. The predicted octanol–water partition coefficient (Wildman–Crippen LogP) is 4.90. The van der Waals surface area contributed by atoms with Crippen LogP contribution in [0.5, 0.6) is 11.5 Å². The molecule has 0 fully saturated rings. The van der Waals surface area contributed by atoms with Crippen LogP contribution >= 0.6 is 0 Å². The highest BCUT2D eigenvalue weighted by atomic mass is 16.5. The van der Waals surface area contributed by atoms with Crippen molar-refractivity contribution in [2.45, 2.75) is 84.7 Å². The Morgan fingerprint density at radius 1 is 0.683 bits per heavy atom. The van der Waals surface area contributed by atoms with Gasteiger partial charge in [-0.15, -0.1) is 0 Å². The number of fused-ring (bicyclic) bond motifs is 19. The number of carbonyl (C=O) groups is 4. The summed E-state index contributed by atoms with van der Waals surface area (Å²) in [5.74, 6) is 0.676. The van der Waals surface area contributed by atoms with Crippen molar-refractivity contribution in [1.82, 2.24) is 15.1 Å². The van der Waals surface area contributed by atoms with Gasteiger partial charge in [-0.3, -0.25) is 19.2 Å². The second-order valence-corrected chi connectivity index (χ2v) is 11.1. The largest absolute Gasteiger partial charge is 0.457 e. The first-order valence-corrected chi connectivity index (χ1v) is 14.6. The molecule has 2 N–H and O–H groups in total. The lowest BCUT2D eigenvalue weighted by Crippen LogP contribution is -2.44. The van der Waals surface area contributed by atoms with E-state index in [2.05, 4.69) is 10.6 Å². The number of hydrogen-bond acceptors (Lipinski definition) is 5. The minimum absolute atomic E-state index is 0.0316. The number of hydrogen-bond donors (Lipinski definition) is 2. The first-order valence-electron chi connectivity index (χ1n) is 14.6. The van der Waals surface area contributed by atoms with Gasteiger partial charge in [-0.1, -0.05) is 31.0 Å². The molecule has 2 aromatic carbocycles. The quantitative estimate of drug-likeness (QED) is 0.539. The fraction of sp³-hybridized carbons (Fsp3) is 0.500. The molecular formula is C32H44N4O5. The van der Waals surface area contributed by atoms with Crippen molar-refractivity contribution < 1.29 is 23.9 Å². The first-order chi connectivity index (χ1) is 19.6. The van der Waals surface area contributed by atoms with Crippen molar-refractivity contribution in [3.63, 3.8) is 0 Å². The highest BCUT2D eigenvalue weighted by Gasteiger charge is 2.21. The van der Waals surface area contributed by atoms with E-state index >= 15 is 0 Å². The summed E-state index contributed by atoms with van der Waals surface area (Å²) < 4.78 is 5.98. The van der Waals surface area contributed by atoms with Gasteiger partial charge in [0.2, 0.25) is 23.6 Å². The smallest absolute Gasteiger partial charge is 0.244 e. The van der Waals surface area contributed by atoms with E-state index in [9.17, 15) is 19.2 Å². The van der Waals surface area contributed by atoms with Crippen LogP contribution in [-0.2, 0) is 25.6 Å². The maximum Gasteiger partial charge on any atom is 0.244 e. The van der Waals surface area contributed by atoms with Gasteiger partial charge < -0.3 is 25.2 Å². The van der Waals surface area contributed by atoms with E-state index < -0.39 is 0 Å². The van der Waals surface area contributed by atoms with E-state index in [0.717, 1.165) is 18.4 Å². The predicted molar refractivity (Wildman–Crippen MR) is 160 cm³/mol. The van der Waals surface area contributed by atoms with Gasteiger partial charge in [0.1, 0.15) is 18.0 Å². The number of nitrogens with zero attached hydrogens (tertiary/aromatic N) is 2. The fourth-order valence-electron chi connectivity index (χ4n) is 4.72. The summed E-state index contributed by atoms with van der Waals surface area (Å²) in [6, 6.07) is 14.5. The molecule has 2 heterocycles. The molecule has 0 aromatic heterocycles. The normalized spacial score (nSPS) is 17.4. The molecule has 9 heteroatoms. The molecular weight excluding hydrogens is 520 g/mol. The Kier molecular flexibility index (Phi) is 12.2. The van der Waals surface area contributed by atoms with E-state index in [0.29, 0.717) is 55.8 Å². The van der Waals surface area contributed by atoms with Gasteiger partial charge in [-0.25, -0.2) is 0 Å². The molecule has 9 nitrogen and oxygen atoms in total. The molecule has 0 radical (unpaired) electrons. The van der Waals surface area contributed by atoms with Gasteiger partial charge in [0, 0.05) is 43.2 Å². The molecule has 2 aliphatic rings. The topological polar surface area (TPSA) is 108 Å². The Hall–Kier alpha value is -3.88. The summed E-state index contributed by atoms with van der Waals surface area (Å²) in [4.78, 5) is 54.4. The van der Waals surface area contributed by atoms with Crippen LogP contribution in [-0.4, -0.2) is 65.1 Å². The number of nitrogens with one attached hydrogen (secondary N) is 2. The van der Waals surface area contributed by atoms with E-state index in [-0.39, 0.29) is 48.8 Å². The maximum absolute atomic E-state index is 12.9. The average Bonchev–Trinajstić information content (AvgIpc) is 2.92. The number of carbonyl (C=O) groups excluding carboxylic acids is 4. The van der Waals surface area contributed by atoms with Gasteiger partial charge in [-0.05, 0) is 76.8 Å².